The smallest absolute Gasteiger partial charge is 0.258 e. The number of ether oxygens (including phenoxy) is 1. The molecule has 1 unspecified atom stereocenters. The van der Waals surface area contributed by atoms with Crippen molar-refractivity contribution in [2.75, 3.05) is 6.61 Å². The first-order valence-corrected chi connectivity index (χ1v) is 7.65. The summed E-state index contributed by atoms with van der Waals surface area (Å²) in [6.45, 7) is 1.88. The minimum atomic E-state index is -0.182. The Bertz CT molecular complexity index is 633. The molecule has 2 aromatic carbocycles. The maximum atomic E-state index is 11.9. The molecule has 21 heavy (non-hydrogen) atoms. The molecule has 0 fully saturated rings. The number of halogens is 2. The van der Waals surface area contributed by atoms with E-state index in [9.17, 15) is 4.79 Å². The van der Waals surface area contributed by atoms with Crippen LogP contribution >= 0.6 is 27.5 Å². The van der Waals surface area contributed by atoms with Gasteiger partial charge in [0.1, 0.15) is 5.75 Å². The van der Waals surface area contributed by atoms with Crippen molar-refractivity contribution in [2.45, 2.75) is 13.0 Å². The SMILES string of the molecule is CC(NC(=O)COc1cccc(Cl)c1)c1ccccc1Br. The lowest BCUT2D eigenvalue weighted by atomic mass is 10.1. The van der Waals surface area contributed by atoms with Crippen LogP contribution in [0.15, 0.2) is 53.0 Å². The fourth-order valence-corrected chi connectivity index (χ4v) is 2.70. The molecule has 0 aliphatic rings. The van der Waals surface area contributed by atoms with Crippen molar-refractivity contribution in [3.8, 4) is 5.75 Å². The van der Waals surface area contributed by atoms with E-state index in [-0.39, 0.29) is 18.6 Å². The van der Waals surface area contributed by atoms with Gasteiger partial charge in [0.15, 0.2) is 6.61 Å². The van der Waals surface area contributed by atoms with Crippen LogP contribution in [0.5, 0.6) is 5.75 Å². The number of amides is 1. The molecule has 0 saturated carbocycles. The van der Waals surface area contributed by atoms with Gasteiger partial charge in [-0.2, -0.15) is 0 Å². The summed E-state index contributed by atoms with van der Waals surface area (Å²) in [6.07, 6.45) is 0. The van der Waals surface area contributed by atoms with Gasteiger partial charge in [-0.1, -0.05) is 51.8 Å². The molecule has 0 aromatic heterocycles. The van der Waals surface area contributed by atoms with Crippen LogP contribution in [0.2, 0.25) is 5.02 Å². The first-order chi connectivity index (χ1) is 10.1. The summed E-state index contributed by atoms with van der Waals surface area (Å²) in [5, 5.41) is 3.47. The van der Waals surface area contributed by atoms with Gasteiger partial charge < -0.3 is 10.1 Å². The van der Waals surface area contributed by atoms with Gasteiger partial charge in [-0.15, -0.1) is 0 Å². The molecule has 3 nitrogen and oxygen atoms in total. The Hall–Kier alpha value is -1.52. The maximum absolute atomic E-state index is 11.9. The van der Waals surface area contributed by atoms with E-state index in [1.807, 2.05) is 31.2 Å². The molecule has 110 valence electrons. The third kappa shape index (κ3) is 4.76. The van der Waals surface area contributed by atoms with Crippen LogP contribution in [0.1, 0.15) is 18.5 Å². The van der Waals surface area contributed by atoms with Crippen molar-refractivity contribution in [1.29, 1.82) is 0 Å². The van der Waals surface area contributed by atoms with Crippen LogP contribution in [0.3, 0.4) is 0 Å². The lowest BCUT2D eigenvalue weighted by molar-refractivity contribution is -0.123. The second-order valence-corrected chi connectivity index (χ2v) is 5.85. The summed E-state index contributed by atoms with van der Waals surface area (Å²) in [7, 11) is 0. The quantitative estimate of drug-likeness (QED) is 0.851. The number of hydrogen-bond acceptors (Lipinski definition) is 2. The largest absolute Gasteiger partial charge is 0.484 e. The normalized spacial score (nSPS) is 11.8. The van der Waals surface area contributed by atoms with Crippen LogP contribution in [0, 0.1) is 0 Å². The molecule has 5 heteroatoms. The molecule has 0 aliphatic heterocycles. The molecule has 0 bridgehead atoms. The summed E-state index contributed by atoms with van der Waals surface area (Å²) in [5.41, 5.74) is 1.02. The molecule has 1 amide bonds. The third-order valence-corrected chi connectivity index (χ3v) is 3.87. The van der Waals surface area contributed by atoms with E-state index in [0.717, 1.165) is 10.0 Å². The maximum Gasteiger partial charge on any atom is 0.258 e. The average molecular weight is 369 g/mol. The van der Waals surface area contributed by atoms with Gasteiger partial charge in [-0.05, 0) is 36.8 Å². The fraction of sp³-hybridized carbons (Fsp3) is 0.188. The van der Waals surface area contributed by atoms with E-state index in [0.29, 0.717) is 10.8 Å². The predicted octanol–water partition coefficient (Wildman–Crippen LogP) is 4.36. The van der Waals surface area contributed by atoms with Crippen molar-refractivity contribution in [2.24, 2.45) is 0 Å². The van der Waals surface area contributed by atoms with Gasteiger partial charge in [-0.3, -0.25) is 4.79 Å². The van der Waals surface area contributed by atoms with Gasteiger partial charge >= 0.3 is 0 Å². The summed E-state index contributed by atoms with van der Waals surface area (Å²) in [4.78, 5) is 11.9. The Morgan fingerprint density at radius 2 is 2.05 bits per heavy atom. The number of hydrogen-bond donors (Lipinski definition) is 1. The Kier molecular flexibility index (Phi) is 5.65. The highest BCUT2D eigenvalue weighted by molar-refractivity contribution is 9.10. The summed E-state index contributed by atoms with van der Waals surface area (Å²) in [6, 6.07) is 14.6. The topological polar surface area (TPSA) is 38.3 Å². The molecule has 0 heterocycles. The molecule has 1 atom stereocenters. The second kappa shape index (κ2) is 7.48. The van der Waals surface area contributed by atoms with Crippen LogP contribution in [-0.4, -0.2) is 12.5 Å². The zero-order valence-electron chi connectivity index (χ0n) is 11.5. The van der Waals surface area contributed by atoms with Gasteiger partial charge in [0.25, 0.3) is 5.91 Å². The summed E-state index contributed by atoms with van der Waals surface area (Å²) < 4.78 is 6.37. The number of nitrogens with one attached hydrogen (secondary N) is 1. The van der Waals surface area contributed by atoms with Crippen LogP contribution in [0.4, 0.5) is 0 Å². The Morgan fingerprint density at radius 1 is 1.29 bits per heavy atom. The van der Waals surface area contributed by atoms with E-state index in [2.05, 4.69) is 21.2 Å². The highest BCUT2D eigenvalue weighted by atomic mass is 79.9. The van der Waals surface area contributed by atoms with Crippen molar-refractivity contribution in [3.05, 3.63) is 63.6 Å². The number of carbonyl (C=O) groups is 1. The standard InChI is InChI=1S/C16H15BrClNO2/c1-11(14-7-2-3-8-15(14)17)19-16(20)10-21-13-6-4-5-12(18)9-13/h2-9,11H,10H2,1H3,(H,19,20). The number of benzene rings is 2. The molecule has 2 rings (SSSR count). The van der Waals surface area contributed by atoms with Gasteiger partial charge in [0, 0.05) is 9.50 Å². The summed E-state index contributed by atoms with van der Waals surface area (Å²) in [5.74, 6) is 0.393. The molecule has 0 spiro atoms. The van der Waals surface area contributed by atoms with Crippen molar-refractivity contribution < 1.29 is 9.53 Å². The van der Waals surface area contributed by atoms with E-state index in [1.54, 1.807) is 24.3 Å². The van der Waals surface area contributed by atoms with E-state index < -0.39 is 0 Å². The van der Waals surface area contributed by atoms with E-state index in [1.165, 1.54) is 0 Å². The molecule has 0 radical (unpaired) electrons. The average Bonchev–Trinajstić information content (AvgIpc) is 2.45. The Labute approximate surface area is 137 Å². The minimum absolute atomic E-state index is 0.0465. The van der Waals surface area contributed by atoms with Gasteiger partial charge in [-0.25, -0.2) is 0 Å². The van der Waals surface area contributed by atoms with Gasteiger partial charge in [0.05, 0.1) is 6.04 Å². The molecule has 2 aromatic rings. The molecule has 0 saturated heterocycles. The number of carbonyl (C=O) groups excluding carboxylic acids is 1. The zero-order valence-corrected chi connectivity index (χ0v) is 13.8. The van der Waals surface area contributed by atoms with Crippen molar-refractivity contribution in [1.82, 2.24) is 5.32 Å². The lowest BCUT2D eigenvalue weighted by Gasteiger charge is -2.16. The van der Waals surface area contributed by atoms with E-state index in [4.69, 9.17) is 16.3 Å². The number of rotatable bonds is 5. The summed E-state index contributed by atoms with van der Waals surface area (Å²) >= 11 is 9.33. The molecular formula is C16H15BrClNO2. The molecule has 1 N–H and O–H groups in total. The second-order valence-electron chi connectivity index (χ2n) is 4.56. The Morgan fingerprint density at radius 3 is 2.76 bits per heavy atom. The zero-order chi connectivity index (χ0) is 15.2. The molecule has 0 aliphatic carbocycles. The first-order valence-electron chi connectivity index (χ1n) is 6.48. The highest BCUT2D eigenvalue weighted by Crippen LogP contribution is 2.22. The van der Waals surface area contributed by atoms with Crippen LogP contribution in [0.25, 0.3) is 0 Å². The fourth-order valence-electron chi connectivity index (χ4n) is 1.89. The van der Waals surface area contributed by atoms with Crippen LogP contribution < -0.4 is 10.1 Å². The molecular weight excluding hydrogens is 354 g/mol. The monoisotopic (exact) mass is 367 g/mol. The van der Waals surface area contributed by atoms with Crippen molar-refractivity contribution in [3.63, 3.8) is 0 Å². The minimum Gasteiger partial charge on any atom is -0.484 e. The Balaban J connectivity index is 1.89. The first kappa shape index (κ1) is 15.9. The third-order valence-electron chi connectivity index (χ3n) is 2.92. The highest BCUT2D eigenvalue weighted by Gasteiger charge is 2.12. The lowest BCUT2D eigenvalue weighted by Crippen LogP contribution is -2.31. The van der Waals surface area contributed by atoms with E-state index >= 15 is 0 Å². The van der Waals surface area contributed by atoms with Crippen molar-refractivity contribution >= 4 is 33.4 Å². The van der Waals surface area contributed by atoms with Gasteiger partial charge in [0.2, 0.25) is 0 Å². The van der Waals surface area contributed by atoms with Crippen LogP contribution in [-0.2, 0) is 4.79 Å². The predicted molar refractivity (Wildman–Crippen MR) is 87.6 cm³/mol.